The molecule has 0 unspecified atom stereocenters. The average Bonchev–Trinajstić information content (AvgIpc) is 3.27. The molecule has 0 spiro atoms. The van der Waals surface area contributed by atoms with Crippen molar-refractivity contribution in [2.75, 3.05) is 5.88 Å². The quantitative estimate of drug-likeness (QED) is 0.407. The van der Waals surface area contributed by atoms with Gasteiger partial charge in [0.05, 0.1) is 6.54 Å². The van der Waals surface area contributed by atoms with E-state index >= 15 is 0 Å². The van der Waals surface area contributed by atoms with Gasteiger partial charge in [-0.05, 0) is 30.2 Å². The summed E-state index contributed by atoms with van der Waals surface area (Å²) in [7, 11) is 1.66. The van der Waals surface area contributed by atoms with Crippen molar-refractivity contribution in [1.82, 2.24) is 23.1 Å². The van der Waals surface area contributed by atoms with Crippen molar-refractivity contribution in [3.05, 3.63) is 80.3 Å². The minimum absolute atomic E-state index is 0.191. The van der Waals surface area contributed by atoms with E-state index < -0.39 is 0 Å². The van der Waals surface area contributed by atoms with Crippen LogP contribution >= 0.6 is 11.6 Å². The summed E-state index contributed by atoms with van der Waals surface area (Å²) in [6.45, 7) is 4.70. The predicted octanol–water partition coefficient (Wildman–Crippen LogP) is 3.21. The number of aromatic nitrogens is 5. The summed E-state index contributed by atoms with van der Waals surface area (Å²) in [5.41, 5.74) is 2.89. The third-order valence-corrected chi connectivity index (χ3v) is 6.32. The molecule has 0 aliphatic carbocycles. The van der Waals surface area contributed by atoms with Crippen LogP contribution < -0.4 is 11.2 Å². The Kier molecular flexibility index (Phi) is 4.51. The molecule has 8 heteroatoms. The molecule has 0 aliphatic heterocycles. The lowest BCUT2D eigenvalue weighted by atomic mass is 10.0. The maximum Gasteiger partial charge on any atom is 0.332 e. The van der Waals surface area contributed by atoms with E-state index in [0.29, 0.717) is 29.4 Å². The number of imidazole rings is 2. The first-order valence-electron chi connectivity index (χ1n) is 10.1. The van der Waals surface area contributed by atoms with E-state index in [2.05, 4.69) is 4.98 Å². The Morgan fingerprint density at radius 2 is 1.71 bits per heavy atom. The van der Waals surface area contributed by atoms with Crippen molar-refractivity contribution in [3.8, 4) is 0 Å². The fraction of sp³-hybridized carbons (Fsp3) is 0.261. The van der Waals surface area contributed by atoms with E-state index in [1.165, 1.54) is 9.13 Å². The maximum atomic E-state index is 13.6. The van der Waals surface area contributed by atoms with E-state index in [-0.39, 0.29) is 17.8 Å². The van der Waals surface area contributed by atoms with Gasteiger partial charge in [-0.2, -0.15) is 4.98 Å². The highest BCUT2D eigenvalue weighted by atomic mass is 35.5. The second-order valence-electron chi connectivity index (χ2n) is 7.80. The van der Waals surface area contributed by atoms with Crippen LogP contribution in [0.1, 0.15) is 17.0 Å². The first-order chi connectivity index (χ1) is 14.9. The molecule has 7 nitrogen and oxygen atoms in total. The van der Waals surface area contributed by atoms with Gasteiger partial charge in [0.2, 0.25) is 5.78 Å². The molecule has 0 aliphatic rings. The number of aryl methyl sites for hydroxylation is 3. The maximum absolute atomic E-state index is 13.6. The number of hydrogen-bond donors (Lipinski definition) is 0. The van der Waals surface area contributed by atoms with Crippen LogP contribution in [-0.4, -0.2) is 29.0 Å². The van der Waals surface area contributed by atoms with Gasteiger partial charge in [0.1, 0.15) is 0 Å². The summed E-state index contributed by atoms with van der Waals surface area (Å²) in [6, 6.07) is 13.9. The van der Waals surface area contributed by atoms with Crippen LogP contribution in [0.25, 0.3) is 27.7 Å². The summed E-state index contributed by atoms with van der Waals surface area (Å²) < 4.78 is 6.58. The van der Waals surface area contributed by atoms with Gasteiger partial charge in [0, 0.05) is 30.9 Å². The molecule has 3 heterocycles. The molecule has 3 aromatic heterocycles. The Hall–Kier alpha value is -3.32. The number of rotatable bonds is 4. The molecule has 0 amide bonds. The van der Waals surface area contributed by atoms with Gasteiger partial charge in [0.25, 0.3) is 5.56 Å². The lowest BCUT2D eigenvalue weighted by Crippen LogP contribution is -2.39. The van der Waals surface area contributed by atoms with E-state index in [9.17, 15) is 9.59 Å². The minimum atomic E-state index is -0.385. The van der Waals surface area contributed by atoms with Crippen LogP contribution in [0, 0.1) is 13.8 Å². The minimum Gasteiger partial charge on any atom is -0.313 e. The molecule has 0 atom stereocenters. The number of nitrogens with zero attached hydrogens (tertiary/aromatic N) is 5. The first kappa shape index (κ1) is 19.6. The fourth-order valence-corrected chi connectivity index (χ4v) is 4.58. The number of hydrogen-bond acceptors (Lipinski definition) is 3. The highest BCUT2D eigenvalue weighted by Gasteiger charge is 2.22. The smallest absolute Gasteiger partial charge is 0.313 e. The third kappa shape index (κ3) is 2.76. The Bertz CT molecular complexity index is 1600. The summed E-state index contributed by atoms with van der Waals surface area (Å²) >= 11 is 5.99. The van der Waals surface area contributed by atoms with Gasteiger partial charge in [-0.25, -0.2) is 4.79 Å². The van der Waals surface area contributed by atoms with Gasteiger partial charge in [0.15, 0.2) is 11.2 Å². The largest absolute Gasteiger partial charge is 0.332 e. The van der Waals surface area contributed by atoms with E-state index in [4.69, 9.17) is 11.6 Å². The van der Waals surface area contributed by atoms with E-state index in [1.54, 1.807) is 7.05 Å². The van der Waals surface area contributed by atoms with Crippen LogP contribution in [0.4, 0.5) is 0 Å². The Morgan fingerprint density at radius 1 is 0.968 bits per heavy atom. The van der Waals surface area contributed by atoms with Crippen molar-refractivity contribution >= 4 is 39.3 Å². The Balaban J connectivity index is 1.82. The van der Waals surface area contributed by atoms with Crippen LogP contribution in [0.2, 0.25) is 0 Å². The third-order valence-electron chi connectivity index (χ3n) is 6.15. The number of fused-ring (bicyclic) bond motifs is 4. The molecule has 0 saturated heterocycles. The highest BCUT2D eigenvalue weighted by Crippen LogP contribution is 2.22. The molecule has 5 rings (SSSR count). The van der Waals surface area contributed by atoms with Gasteiger partial charge in [-0.1, -0.05) is 42.5 Å². The summed E-state index contributed by atoms with van der Waals surface area (Å²) in [5, 5.41) is 2.10. The molecule has 2 aromatic carbocycles. The number of alkyl halides is 1. The standard InChI is InChI=1S/C23H22ClN5O2/c1-14-15(2)29-19-20(25-22(29)27(14)12-11-24)26(3)23(31)28(21(19)30)13-17-9-6-8-16-7-4-5-10-18(16)17/h4-10H,11-13H2,1-3H3. The van der Waals surface area contributed by atoms with Crippen molar-refractivity contribution in [2.24, 2.45) is 7.05 Å². The molecule has 0 N–H and O–H groups in total. The zero-order chi connectivity index (χ0) is 21.9. The van der Waals surface area contributed by atoms with Gasteiger partial charge < -0.3 is 4.57 Å². The topological polar surface area (TPSA) is 66.2 Å². The van der Waals surface area contributed by atoms with Crippen LogP contribution in [0.5, 0.6) is 0 Å². The van der Waals surface area contributed by atoms with Crippen LogP contribution in [0.3, 0.4) is 0 Å². The van der Waals surface area contributed by atoms with Crippen molar-refractivity contribution in [3.63, 3.8) is 0 Å². The average molecular weight is 436 g/mol. The zero-order valence-electron chi connectivity index (χ0n) is 17.6. The van der Waals surface area contributed by atoms with Crippen LogP contribution in [0.15, 0.2) is 52.1 Å². The van der Waals surface area contributed by atoms with E-state index in [1.807, 2.05) is 65.3 Å². The molecule has 0 bridgehead atoms. The molecule has 0 radical (unpaired) electrons. The lowest BCUT2D eigenvalue weighted by Gasteiger charge is -2.11. The van der Waals surface area contributed by atoms with Gasteiger partial charge >= 0.3 is 5.69 Å². The van der Waals surface area contributed by atoms with Crippen molar-refractivity contribution in [2.45, 2.75) is 26.9 Å². The van der Waals surface area contributed by atoms with E-state index in [0.717, 1.165) is 27.7 Å². The second kappa shape index (κ2) is 7.13. The van der Waals surface area contributed by atoms with Gasteiger partial charge in [-0.15, -0.1) is 11.6 Å². The highest BCUT2D eigenvalue weighted by molar-refractivity contribution is 6.17. The molecule has 158 valence electrons. The first-order valence-corrected chi connectivity index (χ1v) is 10.7. The van der Waals surface area contributed by atoms with Crippen molar-refractivity contribution < 1.29 is 0 Å². The normalized spacial score (nSPS) is 11.9. The lowest BCUT2D eigenvalue weighted by molar-refractivity contribution is 0.658. The molecular formula is C23H22ClN5O2. The summed E-state index contributed by atoms with van der Waals surface area (Å²) in [5.74, 6) is 1.05. The SMILES string of the molecule is Cc1c(C)n2c3c(=O)n(Cc4cccc5ccccc45)c(=O)n(C)c3nc2n1CCCl. The monoisotopic (exact) mass is 435 g/mol. The molecule has 31 heavy (non-hydrogen) atoms. The van der Waals surface area contributed by atoms with Gasteiger partial charge in [-0.3, -0.25) is 18.3 Å². The summed E-state index contributed by atoms with van der Waals surface area (Å²) in [6.07, 6.45) is 0. The Labute approximate surface area is 182 Å². The second-order valence-corrected chi connectivity index (χ2v) is 8.18. The summed E-state index contributed by atoms with van der Waals surface area (Å²) in [4.78, 5) is 31.4. The van der Waals surface area contributed by atoms with Crippen LogP contribution in [-0.2, 0) is 20.1 Å². The molecule has 0 saturated carbocycles. The fourth-order valence-electron chi connectivity index (χ4n) is 4.41. The number of halogens is 1. The molecule has 0 fully saturated rings. The predicted molar refractivity (Wildman–Crippen MR) is 123 cm³/mol. The number of benzene rings is 2. The van der Waals surface area contributed by atoms with Crippen molar-refractivity contribution in [1.29, 1.82) is 0 Å². The molecular weight excluding hydrogens is 414 g/mol. The zero-order valence-corrected chi connectivity index (χ0v) is 18.3. The molecule has 5 aromatic rings. The Morgan fingerprint density at radius 3 is 2.48 bits per heavy atom.